The van der Waals surface area contributed by atoms with Crippen molar-refractivity contribution in [3.63, 3.8) is 0 Å². The molecule has 6 N–H and O–H groups in total. The second-order valence-electron chi connectivity index (χ2n) is 10.7. The third-order valence-corrected chi connectivity index (χ3v) is 8.14. The van der Waals surface area contributed by atoms with Crippen LogP contribution in [-0.4, -0.2) is 87.0 Å². The number of nitrogens with zero attached hydrogens (tertiary/aromatic N) is 1. The SMILES string of the molecule is CC(C)c1ccc(O)c2c1C[C@H]1C[C@H]3[C@H](N(C)C)C(=O)C(C(=O)NCNC(=O)CCl)=C(O)[C@@]3(O)C(=O)C1=C2O. The average molecular weight is 562 g/mol. The fraction of sp³-hybridized carbons (Fsp3) is 0.481. The van der Waals surface area contributed by atoms with Gasteiger partial charge in [0.25, 0.3) is 5.91 Å². The van der Waals surface area contributed by atoms with Gasteiger partial charge in [-0.25, -0.2) is 0 Å². The maximum absolute atomic E-state index is 14.0. The van der Waals surface area contributed by atoms with E-state index in [-0.39, 0.29) is 41.5 Å². The lowest BCUT2D eigenvalue weighted by molar-refractivity contribution is -0.153. The second kappa shape index (κ2) is 10.3. The first-order valence-corrected chi connectivity index (χ1v) is 13.1. The minimum absolute atomic E-state index is 0.0353. The van der Waals surface area contributed by atoms with Gasteiger partial charge in [0, 0.05) is 11.5 Å². The van der Waals surface area contributed by atoms with Gasteiger partial charge in [-0.2, -0.15) is 0 Å². The highest BCUT2D eigenvalue weighted by Gasteiger charge is 2.64. The third-order valence-electron chi connectivity index (χ3n) is 7.90. The number of rotatable bonds is 6. The first-order valence-electron chi connectivity index (χ1n) is 12.6. The molecule has 12 heteroatoms. The molecule has 4 atom stereocenters. The number of aliphatic hydroxyl groups is 3. The highest BCUT2D eigenvalue weighted by Crippen LogP contribution is 2.53. The summed E-state index contributed by atoms with van der Waals surface area (Å²) in [4.78, 5) is 53.4. The number of amides is 2. The number of likely N-dealkylation sites (N-methyl/N-ethyl adjacent to an activating group) is 1. The predicted molar refractivity (Wildman–Crippen MR) is 141 cm³/mol. The van der Waals surface area contributed by atoms with E-state index in [0.29, 0.717) is 5.56 Å². The van der Waals surface area contributed by atoms with E-state index < -0.39 is 70.6 Å². The van der Waals surface area contributed by atoms with E-state index >= 15 is 0 Å². The zero-order valence-electron chi connectivity index (χ0n) is 22.0. The van der Waals surface area contributed by atoms with Crippen molar-refractivity contribution in [2.24, 2.45) is 11.8 Å². The lowest BCUT2D eigenvalue weighted by Crippen LogP contribution is -2.66. The molecule has 0 saturated heterocycles. The number of fused-ring (bicyclic) bond motifs is 3. The molecule has 0 aromatic heterocycles. The molecule has 210 valence electrons. The molecule has 1 aromatic rings. The third kappa shape index (κ3) is 4.38. The minimum atomic E-state index is -2.70. The van der Waals surface area contributed by atoms with Crippen LogP contribution in [0.5, 0.6) is 5.75 Å². The number of ketones is 2. The monoisotopic (exact) mass is 561 g/mol. The number of nitrogens with one attached hydrogen (secondary N) is 2. The highest BCUT2D eigenvalue weighted by atomic mass is 35.5. The number of hydrogen-bond acceptors (Lipinski definition) is 9. The molecular formula is C27H32ClN3O8. The van der Waals surface area contributed by atoms with Crippen LogP contribution in [0.25, 0.3) is 5.76 Å². The molecule has 2 amide bonds. The fourth-order valence-corrected chi connectivity index (χ4v) is 6.24. The van der Waals surface area contributed by atoms with Crippen molar-refractivity contribution in [1.82, 2.24) is 15.5 Å². The molecular weight excluding hydrogens is 530 g/mol. The Bertz CT molecular complexity index is 1330. The van der Waals surface area contributed by atoms with Crippen LogP contribution < -0.4 is 10.6 Å². The van der Waals surface area contributed by atoms with Crippen LogP contribution in [0.3, 0.4) is 0 Å². The number of phenols is 1. The first kappa shape index (κ1) is 28.6. The number of Topliss-reactive ketones (excluding diaryl/α,β-unsaturated/α-hetero) is 2. The van der Waals surface area contributed by atoms with E-state index in [1.54, 1.807) is 20.2 Å². The smallest absolute Gasteiger partial charge is 0.259 e. The molecule has 3 aliphatic carbocycles. The van der Waals surface area contributed by atoms with Crippen LogP contribution in [0, 0.1) is 11.8 Å². The molecule has 3 aliphatic rings. The number of carbonyl (C=O) groups is 4. The Hall–Kier alpha value is -3.41. The molecule has 11 nitrogen and oxygen atoms in total. The Morgan fingerprint density at radius 2 is 1.82 bits per heavy atom. The van der Waals surface area contributed by atoms with Crippen molar-refractivity contribution in [3.8, 4) is 5.75 Å². The summed E-state index contributed by atoms with van der Waals surface area (Å²) < 4.78 is 0. The van der Waals surface area contributed by atoms with Gasteiger partial charge in [-0.3, -0.25) is 24.1 Å². The molecule has 0 spiro atoms. The van der Waals surface area contributed by atoms with Gasteiger partial charge in [0.2, 0.25) is 11.7 Å². The maximum Gasteiger partial charge on any atom is 0.259 e. The largest absolute Gasteiger partial charge is 0.508 e. The standard InChI is InChI=1S/C27H32ClN3O8/c1-11(2)13-5-6-16(32)19-14(13)7-12-8-15-21(31(3)4)23(35)20(26(38)30-10-29-17(33)9-28)25(37)27(15,39)24(36)18(12)22(19)34/h5-6,11-12,15,21,32,34,37,39H,7-10H2,1-4H3,(H,29,33)(H,30,38)/t12-,15-,21-,27-/m0/s1. The van der Waals surface area contributed by atoms with Gasteiger partial charge in [0.05, 0.1) is 18.3 Å². The van der Waals surface area contributed by atoms with E-state index in [1.165, 1.54) is 11.0 Å². The highest BCUT2D eigenvalue weighted by molar-refractivity contribution is 6.27. The number of alkyl halides is 1. The van der Waals surface area contributed by atoms with Crippen molar-refractivity contribution in [2.75, 3.05) is 26.6 Å². The molecule has 39 heavy (non-hydrogen) atoms. The van der Waals surface area contributed by atoms with Crippen LogP contribution in [0.1, 0.15) is 42.9 Å². The number of aliphatic hydroxyl groups excluding tert-OH is 2. The summed E-state index contributed by atoms with van der Waals surface area (Å²) in [5, 5.41) is 49.4. The van der Waals surface area contributed by atoms with Crippen LogP contribution in [0.4, 0.5) is 0 Å². The van der Waals surface area contributed by atoms with Crippen molar-refractivity contribution in [1.29, 1.82) is 0 Å². The second-order valence-corrected chi connectivity index (χ2v) is 11.0. The van der Waals surface area contributed by atoms with Gasteiger partial charge in [0.1, 0.15) is 28.7 Å². The molecule has 0 unspecified atom stereocenters. The molecule has 0 radical (unpaired) electrons. The zero-order valence-corrected chi connectivity index (χ0v) is 22.8. The van der Waals surface area contributed by atoms with E-state index in [9.17, 15) is 39.6 Å². The number of phenolic OH excluding ortho intramolecular Hbond substituents is 1. The average Bonchev–Trinajstić information content (AvgIpc) is 2.85. The van der Waals surface area contributed by atoms with E-state index in [4.69, 9.17) is 11.6 Å². The zero-order chi connectivity index (χ0) is 29.0. The lowest BCUT2D eigenvalue weighted by Gasteiger charge is -2.50. The van der Waals surface area contributed by atoms with E-state index in [0.717, 1.165) is 5.56 Å². The number of hydrogen-bond donors (Lipinski definition) is 6. The number of halogens is 1. The lowest BCUT2D eigenvalue weighted by atomic mass is 9.57. The van der Waals surface area contributed by atoms with Crippen LogP contribution in [0.2, 0.25) is 0 Å². The summed E-state index contributed by atoms with van der Waals surface area (Å²) in [5.41, 5.74) is -2.04. The number of aromatic hydroxyl groups is 1. The van der Waals surface area contributed by atoms with Crippen molar-refractivity contribution >= 4 is 40.7 Å². The van der Waals surface area contributed by atoms with Gasteiger partial charge in [-0.1, -0.05) is 19.9 Å². The van der Waals surface area contributed by atoms with E-state index in [2.05, 4.69) is 10.6 Å². The van der Waals surface area contributed by atoms with Crippen molar-refractivity contribution in [2.45, 2.75) is 44.2 Å². The normalized spacial score (nSPS) is 26.4. The van der Waals surface area contributed by atoms with Gasteiger partial charge >= 0.3 is 0 Å². The Morgan fingerprint density at radius 1 is 1.15 bits per heavy atom. The van der Waals surface area contributed by atoms with Crippen molar-refractivity contribution < 1.29 is 39.6 Å². The predicted octanol–water partition coefficient (Wildman–Crippen LogP) is 1.03. The summed E-state index contributed by atoms with van der Waals surface area (Å²) in [5.74, 6) is -7.44. The van der Waals surface area contributed by atoms with Gasteiger partial charge in [-0.15, -0.1) is 11.6 Å². The summed E-state index contributed by atoms with van der Waals surface area (Å²) in [6, 6.07) is 2.03. The topological polar surface area (TPSA) is 176 Å². The summed E-state index contributed by atoms with van der Waals surface area (Å²) in [6.07, 6.45) is 0.301. The van der Waals surface area contributed by atoms with Crippen LogP contribution in [-0.2, 0) is 25.6 Å². The molecule has 0 aliphatic heterocycles. The summed E-state index contributed by atoms with van der Waals surface area (Å²) in [6.45, 7) is 3.51. The molecule has 1 aromatic carbocycles. The van der Waals surface area contributed by atoms with Gasteiger partial charge in [-0.05, 0) is 56.0 Å². The summed E-state index contributed by atoms with van der Waals surface area (Å²) in [7, 11) is 3.11. The molecule has 0 bridgehead atoms. The Kier molecular flexibility index (Phi) is 7.54. The first-order chi connectivity index (χ1) is 18.3. The minimum Gasteiger partial charge on any atom is -0.508 e. The molecule has 0 heterocycles. The molecule has 1 saturated carbocycles. The summed E-state index contributed by atoms with van der Waals surface area (Å²) >= 11 is 5.42. The van der Waals surface area contributed by atoms with Gasteiger partial charge in [0.15, 0.2) is 11.4 Å². The quantitative estimate of drug-likeness (QED) is 0.168. The van der Waals surface area contributed by atoms with Crippen molar-refractivity contribution in [3.05, 3.63) is 45.7 Å². The number of benzene rings is 1. The maximum atomic E-state index is 14.0. The van der Waals surface area contributed by atoms with Crippen LogP contribution in [0.15, 0.2) is 29.0 Å². The Morgan fingerprint density at radius 3 is 2.41 bits per heavy atom. The van der Waals surface area contributed by atoms with Gasteiger partial charge < -0.3 is 31.1 Å². The fourth-order valence-electron chi connectivity index (χ4n) is 6.15. The van der Waals surface area contributed by atoms with E-state index in [1.807, 2.05) is 13.8 Å². The number of carbonyl (C=O) groups excluding carboxylic acids is 4. The molecule has 1 fully saturated rings. The Labute approximate surface area is 230 Å². The molecule has 4 rings (SSSR count). The Balaban J connectivity index is 1.86. The van der Waals surface area contributed by atoms with Crippen LogP contribution >= 0.6 is 11.6 Å².